The lowest BCUT2D eigenvalue weighted by Gasteiger charge is -2.35. The fourth-order valence-electron chi connectivity index (χ4n) is 3.93. The quantitative estimate of drug-likeness (QED) is 0.811. The second-order valence-electron chi connectivity index (χ2n) is 8.03. The number of benzene rings is 2. The van der Waals surface area contributed by atoms with E-state index in [4.69, 9.17) is 0 Å². The van der Waals surface area contributed by atoms with Gasteiger partial charge in [0.1, 0.15) is 0 Å². The molecule has 154 valence electrons. The Morgan fingerprint density at radius 3 is 2.14 bits per heavy atom. The Bertz CT molecular complexity index is 865. The van der Waals surface area contributed by atoms with Crippen molar-refractivity contribution in [2.24, 2.45) is 0 Å². The summed E-state index contributed by atoms with van der Waals surface area (Å²) in [4.78, 5) is 27.5. The lowest BCUT2D eigenvalue weighted by atomic mass is 10.0. The molecule has 5 heteroatoms. The molecule has 0 spiro atoms. The van der Waals surface area contributed by atoms with Crippen LogP contribution in [0.2, 0.25) is 0 Å². The smallest absolute Gasteiger partial charge is 0.251 e. The topological polar surface area (TPSA) is 61.4 Å². The molecule has 0 bridgehead atoms. The molecule has 1 saturated heterocycles. The largest absolute Gasteiger partial charge is 0.349 e. The standard InChI is InChI=1S/C24H31N3O2/c1-16-8-5-6-11-21(16)24(29)25-20-12-14-27(15-13-20)19(4)23(28)26-22-17(2)9-7-10-18(22)3/h5-11,19-20H,12-15H2,1-4H3,(H,25,29)(H,26,28). The van der Waals surface area contributed by atoms with Gasteiger partial charge in [0.2, 0.25) is 5.91 Å². The number of piperidine rings is 1. The van der Waals surface area contributed by atoms with E-state index in [1.54, 1.807) is 0 Å². The third-order valence-corrected chi connectivity index (χ3v) is 5.91. The molecule has 2 aromatic rings. The molecule has 1 aliphatic rings. The van der Waals surface area contributed by atoms with Crippen LogP contribution in [0.4, 0.5) is 5.69 Å². The third kappa shape index (κ3) is 5.04. The van der Waals surface area contributed by atoms with Crippen LogP contribution >= 0.6 is 0 Å². The summed E-state index contributed by atoms with van der Waals surface area (Å²) in [6, 6.07) is 13.6. The summed E-state index contributed by atoms with van der Waals surface area (Å²) in [7, 11) is 0. The van der Waals surface area contributed by atoms with Gasteiger partial charge in [0.15, 0.2) is 0 Å². The Balaban J connectivity index is 1.53. The molecule has 0 aliphatic carbocycles. The first-order chi connectivity index (χ1) is 13.9. The molecule has 5 nitrogen and oxygen atoms in total. The number of hydrogen-bond donors (Lipinski definition) is 2. The molecule has 2 aromatic carbocycles. The normalized spacial score (nSPS) is 16.3. The number of nitrogens with zero attached hydrogens (tertiary/aromatic N) is 1. The number of aryl methyl sites for hydroxylation is 3. The van der Waals surface area contributed by atoms with Gasteiger partial charge < -0.3 is 10.6 Å². The molecule has 1 unspecified atom stereocenters. The Labute approximate surface area is 173 Å². The van der Waals surface area contributed by atoms with Crippen molar-refractivity contribution in [3.8, 4) is 0 Å². The second-order valence-corrected chi connectivity index (χ2v) is 8.03. The molecule has 1 aliphatic heterocycles. The molecular formula is C24H31N3O2. The van der Waals surface area contributed by atoms with E-state index in [0.717, 1.165) is 53.9 Å². The summed E-state index contributed by atoms with van der Waals surface area (Å²) in [5.74, 6) is 0.00663. The van der Waals surface area contributed by atoms with Gasteiger partial charge in [-0.1, -0.05) is 36.4 Å². The minimum Gasteiger partial charge on any atom is -0.349 e. The first-order valence-electron chi connectivity index (χ1n) is 10.3. The van der Waals surface area contributed by atoms with E-state index in [1.807, 2.05) is 70.2 Å². The Morgan fingerprint density at radius 2 is 1.52 bits per heavy atom. The molecule has 0 saturated carbocycles. The van der Waals surface area contributed by atoms with Crippen molar-refractivity contribution in [2.45, 2.75) is 52.6 Å². The van der Waals surface area contributed by atoms with Crippen LogP contribution in [0.1, 0.15) is 46.8 Å². The predicted octanol–water partition coefficient (Wildman–Crippen LogP) is 3.83. The first kappa shape index (κ1) is 21.1. The van der Waals surface area contributed by atoms with Crippen molar-refractivity contribution in [3.63, 3.8) is 0 Å². The summed E-state index contributed by atoms with van der Waals surface area (Å²) in [6.45, 7) is 9.51. The molecule has 0 radical (unpaired) electrons. The SMILES string of the molecule is Cc1ccccc1C(=O)NC1CCN(C(C)C(=O)Nc2c(C)cccc2C)CC1. The molecule has 2 amide bonds. The molecule has 1 fully saturated rings. The van der Waals surface area contributed by atoms with E-state index < -0.39 is 0 Å². The highest BCUT2D eigenvalue weighted by Gasteiger charge is 2.28. The maximum Gasteiger partial charge on any atom is 0.251 e. The van der Waals surface area contributed by atoms with Crippen LogP contribution in [0.3, 0.4) is 0 Å². The maximum atomic E-state index is 12.8. The number of rotatable bonds is 5. The highest BCUT2D eigenvalue weighted by Crippen LogP contribution is 2.21. The summed E-state index contributed by atoms with van der Waals surface area (Å²) in [5.41, 5.74) is 4.77. The van der Waals surface area contributed by atoms with Crippen LogP contribution < -0.4 is 10.6 Å². The van der Waals surface area contributed by atoms with Crippen LogP contribution in [0.5, 0.6) is 0 Å². The van der Waals surface area contributed by atoms with E-state index in [9.17, 15) is 9.59 Å². The Hall–Kier alpha value is -2.66. The minimum atomic E-state index is -0.206. The number of carbonyl (C=O) groups excluding carboxylic acids is 2. The Kier molecular flexibility index (Phi) is 6.70. The lowest BCUT2D eigenvalue weighted by molar-refractivity contribution is -0.121. The first-order valence-corrected chi connectivity index (χ1v) is 10.3. The van der Waals surface area contributed by atoms with Crippen molar-refractivity contribution < 1.29 is 9.59 Å². The maximum absolute atomic E-state index is 12.8. The van der Waals surface area contributed by atoms with Gasteiger partial charge in [-0.2, -0.15) is 0 Å². The number of anilines is 1. The van der Waals surface area contributed by atoms with Crippen LogP contribution in [-0.2, 0) is 4.79 Å². The fraction of sp³-hybridized carbons (Fsp3) is 0.417. The van der Waals surface area contributed by atoms with Gasteiger partial charge in [-0.15, -0.1) is 0 Å². The predicted molar refractivity (Wildman–Crippen MR) is 117 cm³/mol. The van der Waals surface area contributed by atoms with Crippen molar-refractivity contribution in [1.29, 1.82) is 0 Å². The van der Waals surface area contributed by atoms with Crippen molar-refractivity contribution >= 4 is 17.5 Å². The van der Waals surface area contributed by atoms with Gasteiger partial charge in [-0.3, -0.25) is 14.5 Å². The van der Waals surface area contributed by atoms with Crippen molar-refractivity contribution in [2.75, 3.05) is 18.4 Å². The molecule has 1 heterocycles. The monoisotopic (exact) mass is 393 g/mol. The minimum absolute atomic E-state index is 0.0117. The van der Waals surface area contributed by atoms with Gasteiger partial charge in [0, 0.05) is 30.4 Å². The second kappa shape index (κ2) is 9.23. The van der Waals surface area contributed by atoms with Crippen LogP contribution in [0, 0.1) is 20.8 Å². The van der Waals surface area contributed by atoms with E-state index in [1.165, 1.54) is 0 Å². The number of para-hydroxylation sites is 1. The van der Waals surface area contributed by atoms with E-state index >= 15 is 0 Å². The van der Waals surface area contributed by atoms with Crippen LogP contribution in [0.25, 0.3) is 0 Å². The lowest BCUT2D eigenvalue weighted by Crippen LogP contribution is -2.50. The highest BCUT2D eigenvalue weighted by molar-refractivity contribution is 5.96. The molecule has 2 N–H and O–H groups in total. The third-order valence-electron chi connectivity index (χ3n) is 5.91. The van der Waals surface area contributed by atoms with E-state index in [2.05, 4.69) is 15.5 Å². The zero-order valence-electron chi connectivity index (χ0n) is 17.8. The zero-order chi connectivity index (χ0) is 21.0. The number of likely N-dealkylation sites (tertiary alicyclic amines) is 1. The van der Waals surface area contributed by atoms with Gasteiger partial charge in [0.25, 0.3) is 5.91 Å². The van der Waals surface area contributed by atoms with E-state index in [0.29, 0.717) is 0 Å². The summed E-state index contributed by atoms with van der Waals surface area (Å²) >= 11 is 0. The highest BCUT2D eigenvalue weighted by atomic mass is 16.2. The molecule has 1 atom stereocenters. The molecule has 0 aromatic heterocycles. The number of carbonyl (C=O) groups is 2. The van der Waals surface area contributed by atoms with Gasteiger partial charge in [-0.25, -0.2) is 0 Å². The number of nitrogens with one attached hydrogen (secondary N) is 2. The molecule has 3 rings (SSSR count). The number of hydrogen-bond acceptors (Lipinski definition) is 3. The van der Waals surface area contributed by atoms with Crippen molar-refractivity contribution in [3.05, 3.63) is 64.7 Å². The summed E-state index contributed by atoms with van der Waals surface area (Å²) in [5, 5.41) is 6.25. The average Bonchev–Trinajstić information content (AvgIpc) is 2.71. The summed E-state index contributed by atoms with van der Waals surface area (Å²) in [6.07, 6.45) is 1.69. The summed E-state index contributed by atoms with van der Waals surface area (Å²) < 4.78 is 0. The average molecular weight is 394 g/mol. The van der Waals surface area contributed by atoms with Crippen molar-refractivity contribution in [1.82, 2.24) is 10.2 Å². The van der Waals surface area contributed by atoms with Crippen LogP contribution in [-0.4, -0.2) is 41.9 Å². The van der Waals surface area contributed by atoms with Gasteiger partial charge >= 0.3 is 0 Å². The van der Waals surface area contributed by atoms with Gasteiger partial charge in [-0.05, 0) is 63.3 Å². The fourth-order valence-corrected chi connectivity index (χ4v) is 3.93. The Morgan fingerprint density at radius 1 is 0.931 bits per heavy atom. The molecule has 29 heavy (non-hydrogen) atoms. The molecular weight excluding hydrogens is 362 g/mol. The zero-order valence-corrected chi connectivity index (χ0v) is 17.8. The van der Waals surface area contributed by atoms with Gasteiger partial charge in [0.05, 0.1) is 6.04 Å². The van der Waals surface area contributed by atoms with Crippen LogP contribution in [0.15, 0.2) is 42.5 Å². The number of amides is 2. The van der Waals surface area contributed by atoms with E-state index in [-0.39, 0.29) is 23.9 Å².